The SMILES string of the molecule is CC(C)=CCC/C(C)=C/CC/C(C)=C/CC/C(C)=C\CC/C(C)=C\CC/C(C)=C\CC/C(C)=C\CC/C(C)=C\CC/C(C)=C\CC/C(C)=C\CC/C(C)=C\COP(=O)([O-])OP(=O)([O-])O[C@H]1O[C@H](CO)[C@H](O)[C@H](O[C@H]2O[C@H](CO)[C@@H](O)[C@H](O)[C@@H]2O[C@H]2O[C@H](CO)[C@@H](O)[C@H](O)[C@@H]2O[C@@H]2O[C@@H](C)[C@H](O)[C@@H](O)[C@H]2O)[C@H]1O. The quantitative estimate of drug-likeness (QED) is 0.0199. The number of hydrogen-bond donors (Lipinski definition) is 12. The van der Waals surface area contributed by atoms with Crippen LogP contribution in [0, 0.1) is 0 Å². The summed E-state index contributed by atoms with van der Waals surface area (Å²) in [6.45, 7) is 23.5. The number of ether oxygens (including phenoxy) is 7. The number of aliphatic hydroxyl groups excluding tert-OH is 12. The van der Waals surface area contributed by atoms with Gasteiger partial charge in [0, 0.05) is 0 Å². The third-order valence-electron chi connectivity index (χ3n) is 19.6. The smallest absolute Gasteiger partial charge is 0.276 e. The minimum atomic E-state index is -6.13. The molecule has 0 spiro atoms. The lowest BCUT2D eigenvalue weighted by molar-refractivity contribution is -0.402. The van der Waals surface area contributed by atoms with Gasteiger partial charge in [-0.15, -0.1) is 0 Å². The van der Waals surface area contributed by atoms with Gasteiger partial charge in [0.2, 0.25) is 0 Å². The second-order valence-electron chi connectivity index (χ2n) is 29.7. The lowest BCUT2D eigenvalue weighted by Gasteiger charge is -2.49. The Morgan fingerprint density at radius 3 is 0.944 bits per heavy atom. The molecule has 107 heavy (non-hydrogen) atoms. The summed E-state index contributed by atoms with van der Waals surface area (Å²) < 4.78 is 79.3. The molecular weight excluding hydrogens is 1430 g/mol. The number of hydrogen-bond acceptors (Lipinski definition) is 26. The van der Waals surface area contributed by atoms with E-state index < -0.39 is 165 Å². The van der Waals surface area contributed by atoms with Crippen molar-refractivity contribution in [3.8, 4) is 0 Å². The molecular formula is C79H130O26P2-2. The van der Waals surface area contributed by atoms with Crippen molar-refractivity contribution in [3.05, 3.63) is 128 Å². The topological polar surface area (TPSA) is 415 Å². The summed E-state index contributed by atoms with van der Waals surface area (Å²) in [6, 6.07) is 0. The molecule has 28 heteroatoms. The van der Waals surface area contributed by atoms with Gasteiger partial charge in [-0.05, 0) is 218 Å². The molecule has 4 aliphatic heterocycles. The molecule has 0 aromatic carbocycles. The maximum atomic E-state index is 13.2. The summed E-state index contributed by atoms with van der Waals surface area (Å²) in [5.41, 5.74) is 14.8. The van der Waals surface area contributed by atoms with E-state index in [1.54, 1.807) is 6.92 Å². The van der Waals surface area contributed by atoms with Crippen LogP contribution in [0.2, 0.25) is 0 Å². The highest BCUT2D eigenvalue weighted by Crippen LogP contribution is 2.57. The number of allylic oxidation sites excluding steroid dienone is 21. The fourth-order valence-corrected chi connectivity index (χ4v) is 14.6. The Bertz CT molecular complexity index is 3110. The van der Waals surface area contributed by atoms with Crippen LogP contribution in [0.1, 0.15) is 218 Å². The highest BCUT2D eigenvalue weighted by molar-refractivity contribution is 7.59. The van der Waals surface area contributed by atoms with Gasteiger partial charge in [-0.3, -0.25) is 13.7 Å². The number of phosphoric acid groups is 2. The second-order valence-corrected chi connectivity index (χ2v) is 32.6. The Balaban J connectivity index is 1.16. The van der Waals surface area contributed by atoms with E-state index >= 15 is 0 Å². The Kier molecular flexibility index (Phi) is 44.2. The Morgan fingerprint density at radius 1 is 0.327 bits per heavy atom. The van der Waals surface area contributed by atoms with E-state index in [1.165, 1.54) is 68.7 Å². The molecule has 22 atom stereocenters. The molecule has 12 N–H and O–H groups in total. The van der Waals surface area contributed by atoms with Gasteiger partial charge in [0.1, 0.15) is 91.6 Å². The zero-order chi connectivity index (χ0) is 79.7. The first-order valence-corrected chi connectivity index (χ1v) is 40.8. The number of aliphatic hydroxyl groups is 12. The molecule has 4 rings (SSSR count). The van der Waals surface area contributed by atoms with E-state index in [0.29, 0.717) is 18.4 Å². The van der Waals surface area contributed by atoms with Gasteiger partial charge in [0.05, 0.1) is 32.5 Å². The van der Waals surface area contributed by atoms with Gasteiger partial charge in [0.25, 0.3) is 15.6 Å². The molecule has 4 saturated heterocycles. The molecule has 0 aliphatic carbocycles. The van der Waals surface area contributed by atoms with E-state index in [-0.39, 0.29) is 0 Å². The summed E-state index contributed by atoms with van der Waals surface area (Å²) >= 11 is 0. The van der Waals surface area contributed by atoms with E-state index in [4.69, 9.17) is 42.2 Å². The van der Waals surface area contributed by atoms with Crippen LogP contribution in [-0.2, 0) is 55.6 Å². The van der Waals surface area contributed by atoms with Gasteiger partial charge in [-0.2, -0.15) is 0 Å². The molecule has 0 amide bonds. The van der Waals surface area contributed by atoms with Crippen molar-refractivity contribution >= 4 is 15.6 Å². The Labute approximate surface area is 635 Å². The van der Waals surface area contributed by atoms with Crippen LogP contribution in [0.4, 0.5) is 0 Å². The third-order valence-corrected chi connectivity index (χ3v) is 22.2. The minimum Gasteiger partial charge on any atom is -0.756 e. The van der Waals surface area contributed by atoms with Gasteiger partial charge >= 0.3 is 0 Å². The first-order valence-electron chi connectivity index (χ1n) is 37.9. The first kappa shape index (κ1) is 96.0. The molecule has 4 heterocycles. The molecule has 0 aromatic heterocycles. The summed E-state index contributed by atoms with van der Waals surface area (Å²) in [6.07, 6.45) is 5.38. The fraction of sp³-hybridized carbons (Fsp3) is 0.722. The van der Waals surface area contributed by atoms with E-state index in [1.807, 2.05) is 6.92 Å². The Morgan fingerprint density at radius 2 is 0.617 bits per heavy atom. The van der Waals surface area contributed by atoms with Crippen LogP contribution in [0.5, 0.6) is 0 Å². The number of phosphoric ester groups is 2. The van der Waals surface area contributed by atoms with Crippen LogP contribution in [-0.4, -0.2) is 211 Å². The highest BCUT2D eigenvalue weighted by Gasteiger charge is 2.56. The normalized spacial score (nSPS) is 32.1. The summed E-state index contributed by atoms with van der Waals surface area (Å²) in [5, 5.41) is 128. The second kappa shape index (κ2) is 49.3. The van der Waals surface area contributed by atoms with Crippen molar-refractivity contribution in [2.45, 2.75) is 341 Å². The van der Waals surface area contributed by atoms with Gasteiger partial charge < -0.3 is 109 Å². The minimum absolute atomic E-state index is 0.518. The lowest BCUT2D eigenvalue weighted by Crippen LogP contribution is -2.68. The molecule has 26 nitrogen and oxygen atoms in total. The van der Waals surface area contributed by atoms with Crippen LogP contribution in [0.15, 0.2) is 128 Å². The van der Waals surface area contributed by atoms with E-state index in [2.05, 4.69) is 134 Å². The molecule has 0 bridgehead atoms. The standard InChI is InChI=1S/C79H132O26P2/c1-49(2)24-14-25-50(3)26-15-27-51(4)28-16-29-52(5)30-17-31-53(6)32-18-33-54(7)34-19-35-55(8)36-20-37-56(9)38-21-39-57(10)40-22-41-58(11)42-23-43-59(12)44-45-96-106(92,93)105-107(94,95)104-77-72(91)73(67(86)63(48-82)98-77)101-78-75(70(89)66(85)61(46-80)99-78)103-79-74(69(88)65(84)62(47-81)100-79)102-76-71(90)68(87)64(83)60(13)97-76/h24,26,28,30,32,34,36,38,40,42,44,60-91H,14-23,25,27,29,31,33,35,37,39,41,43,45-48H2,1-13H3,(H,92,93)(H,94,95)/p-2/b50-26+,51-28+,52-30-,53-32-,54-34-,55-36-,56-38-,57-40-,58-42-,59-44-/t60-,61+,62+,63+,64-,65+,66+,67-,68+,69-,70-,71+,72+,73-,74-,75-,76-,77+,78+,79+/m0/s1. The zero-order valence-corrected chi connectivity index (χ0v) is 67.1. The molecule has 614 valence electrons. The predicted octanol–water partition coefficient (Wildman–Crippen LogP) is 9.50. The third kappa shape index (κ3) is 34.9. The summed E-state index contributed by atoms with van der Waals surface area (Å²) in [7, 11) is -11.9. The zero-order valence-electron chi connectivity index (χ0n) is 65.3. The first-order chi connectivity index (χ1) is 50.5. The van der Waals surface area contributed by atoms with Crippen LogP contribution >= 0.6 is 15.6 Å². The van der Waals surface area contributed by atoms with Crippen LogP contribution in [0.25, 0.3) is 0 Å². The Hall–Kier alpha value is -3.36. The molecule has 0 saturated carbocycles. The predicted molar refractivity (Wildman–Crippen MR) is 403 cm³/mol. The van der Waals surface area contributed by atoms with Crippen LogP contribution < -0.4 is 9.79 Å². The summed E-state index contributed by atoms with van der Waals surface area (Å²) in [5.74, 6) is 0. The van der Waals surface area contributed by atoms with Crippen molar-refractivity contribution in [2.75, 3.05) is 26.4 Å². The monoisotopic (exact) mass is 1560 g/mol. The largest absolute Gasteiger partial charge is 0.756 e. The molecule has 2 unspecified atom stereocenters. The van der Waals surface area contributed by atoms with Crippen LogP contribution in [0.3, 0.4) is 0 Å². The molecule has 0 radical (unpaired) electrons. The van der Waals surface area contributed by atoms with Gasteiger partial charge in [-0.1, -0.05) is 128 Å². The molecule has 0 aromatic rings. The molecule has 4 aliphatic rings. The average molecular weight is 1560 g/mol. The lowest BCUT2D eigenvalue weighted by atomic mass is 9.96. The van der Waals surface area contributed by atoms with E-state index in [9.17, 15) is 80.2 Å². The summed E-state index contributed by atoms with van der Waals surface area (Å²) in [4.78, 5) is 26.0. The van der Waals surface area contributed by atoms with Gasteiger partial charge in [0.15, 0.2) is 25.2 Å². The van der Waals surface area contributed by atoms with E-state index in [0.717, 1.165) is 116 Å². The number of rotatable bonds is 46. The maximum Gasteiger partial charge on any atom is 0.276 e. The average Bonchev–Trinajstić information content (AvgIpc) is 0.754. The van der Waals surface area contributed by atoms with Crippen molar-refractivity contribution in [1.82, 2.24) is 0 Å². The fourth-order valence-electron chi connectivity index (χ4n) is 12.6. The molecule has 4 fully saturated rings. The van der Waals surface area contributed by atoms with Crippen molar-refractivity contribution in [1.29, 1.82) is 0 Å². The van der Waals surface area contributed by atoms with Crippen molar-refractivity contribution in [2.24, 2.45) is 0 Å². The highest BCUT2D eigenvalue weighted by atomic mass is 31.3. The van der Waals surface area contributed by atoms with Gasteiger partial charge in [-0.25, -0.2) is 4.31 Å². The maximum absolute atomic E-state index is 13.2. The van der Waals surface area contributed by atoms with Crippen molar-refractivity contribution in [3.63, 3.8) is 0 Å². The van der Waals surface area contributed by atoms with Crippen molar-refractivity contribution < 1.29 is 127 Å².